The first-order valence-electron chi connectivity index (χ1n) is 8.54. The topological polar surface area (TPSA) is 68.6 Å². The van der Waals surface area contributed by atoms with E-state index in [1.54, 1.807) is 61.9 Å². The molecule has 2 aromatic rings. The summed E-state index contributed by atoms with van der Waals surface area (Å²) in [5, 5.41) is -0.526. The molecule has 0 bridgehead atoms. The van der Waals surface area contributed by atoms with Gasteiger partial charge in [-0.25, -0.2) is 4.39 Å². The highest BCUT2D eigenvalue weighted by molar-refractivity contribution is 8.18. The molecule has 8 heteroatoms. The van der Waals surface area contributed by atoms with E-state index in [2.05, 4.69) is 0 Å². The molecular formula is C20H19FN2O4S. The number of ether oxygens (including phenoxy) is 1. The van der Waals surface area contributed by atoms with Crippen molar-refractivity contribution in [3.05, 3.63) is 59.0 Å². The smallest absolute Gasteiger partial charge is 0.326 e. The maximum Gasteiger partial charge on any atom is 0.326 e. The molecule has 1 aliphatic heterocycles. The summed E-state index contributed by atoms with van der Waals surface area (Å²) >= 11 is 0.764. The molecule has 1 fully saturated rings. The van der Waals surface area contributed by atoms with Crippen LogP contribution in [0.3, 0.4) is 0 Å². The Bertz CT molecular complexity index is 957. The number of nitrogens with zero attached hydrogens (tertiary/aromatic N) is 2. The summed E-state index contributed by atoms with van der Waals surface area (Å²) in [6, 6.07) is 9.45. The van der Waals surface area contributed by atoms with Crippen molar-refractivity contribution >= 4 is 35.0 Å². The molecule has 1 aromatic carbocycles. The number of rotatable bonds is 4. The average molecular weight is 402 g/mol. The standard InChI is InChI=1S/C20H19FN2O4S/c1-20(2,3)27-17(24)12-23-18(25)16(28-19(23)26)11-15-5-4-10-22(15)14-8-6-13(21)7-9-14/h4-11H,12H2,1-3H3. The van der Waals surface area contributed by atoms with Gasteiger partial charge in [0.25, 0.3) is 11.1 Å². The molecule has 6 nitrogen and oxygen atoms in total. The normalized spacial score (nSPS) is 16.1. The second-order valence-corrected chi connectivity index (χ2v) is 8.13. The van der Waals surface area contributed by atoms with Gasteiger partial charge in [-0.05, 0) is 75.0 Å². The Morgan fingerprint density at radius 2 is 1.86 bits per heavy atom. The van der Waals surface area contributed by atoms with Crippen LogP contribution in [0, 0.1) is 5.82 Å². The third-order valence-corrected chi connectivity index (χ3v) is 4.65. The molecule has 2 amide bonds. The minimum Gasteiger partial charge on any atom is -0.459 e. The van der Waals surface area contributed by atoms with Gasteiger partial charge in [-0.1, -0.05) is 0 Å². The van der Waals surface area contributed by atoms with Gasteiger partial charge < -0.3 is 9.30 Å². The van der Waals surface area contributed by atoms with Crippen molar-refractivity contribution < 1.29 is 23.5 Å². The highest BCUT2D eigenvalue weighted by atomic mass is 32.2. The Kier molecular flexibility index (Phi) is 5.42. The number of esters is 1. The van der Waals surface area contributed by atoms with Crippen LogP contribution in [0.1, 0.15) is 26.5 Å². The van der Waals surface area contributed by atoms with Crippen molar-refractivity contribution in [1.29, 1.82) is 0 Å². The molecular weight excluding hydrogens is 383 g/mol. The molecule has 1 saturated heterocycles. The largest absolute Gasteiger partial charge is 0.459 e. The molecule has 0 N–H and O–H groups in total. The second-order valence-electron chi connectivity index (χ2n) is 7.13. The zero-order chi connectivity index (χ0) is 20.5. The monoisotopic (exact) mass is 402 g/mol. The van der Waals surface area contributed by atoms with Crippen LogP contribution in [0.25, 0.3) is 11.8 Å². The van der Waals surface area contributed by atoms with Gasteiger partial charge in [0, 0.05) is 17.6 Å². The van der Waals surface area contributed by atoms with Gasteiger partial charge >= 0.3 is 5.97 Å². The van der Waals surface area contributed by atoms with Gasteiger partial charge in [0.1, 0.15) is 18.0 Å². The van der Waals surface area contributed by atoms with Crippen LogP contribution in [0.4, 0.5) is 9.18 Å². The maximum absolute atomic E-state index is 13.2. The SMILES string of the molecule is CC(C)(C)OC(=O)CN1C(=O)SC(=Cc2cccn2-c2ccc(F)cc2)C1=O. The fraction of sp³-hybridized carbons (Fsp3) is 0.250. The number of benzene rings is 1. The minimum atomic E-state index is -0.704. The average Bonchev–Trinajstić information content (AvgIpc) is 3.15. The van der Waals surface area contributed by atoms with Crippen molar-refractivity contribution in [3.8, 4) is 5.69 Å². The summed E-state index contributed by atoms with van der Waals surface area (Å²) in [5.74, 6) is -1.54. The number of imide groups is 1. The van der Waals surface area contributed by atoms with Crippen LogP contribution < -0.4 is 0 Å². The van der Waals surface area contributed by atoms with Gasteiger partial charge in [0.2, 0.25) is 0 Å². The van der Waals surface area contributed by atoms with Crippen molar-refractivity contribution in [2.45, 2.75) is 26.4 Å². The number of aromatic nitrogens is 1. The van der Waals surface area contributed by atoms with Crippen molar-refractivity contribution in [3.63, 3.8) is 0 Å². The zero-order valence-electron chi connectivity index (χ0n) is 15.6. The lowest BCUT2D eigenvalue weighted by molar-refractivity contribution is -0.156. The van der Waals surface area contributed by atoms with Crippen LogP contribution in [0.2, 0.25) is 0 Å². The Morgan fingerprint density at radius 1 is 1.18 bits per heavy atom. The molecule has 2 heterocycles. The van der Waals surface area contributed by atoms with E-state index < -0.39 is 29.3 Å². The number of hydrogen-bond donors (Lipinski definition) is 0. The molecule has 3 rings (SSSR count). The second kappa shape index (κ2) is 7.63. The highest BCUT2D eigenvalue weighted by Gasteiger charge is 2.37. The Hall–Kier alpha value is -2.87. The van der Waals surface area contributed by atoms with Crippen LogP contribution in [-0.2, 0) is 14.3 Å². The van der Waals surface area contributed by atoms with Gasteiger partial charge in [0.05, 0.1) is 4.91 Å². The predicted molar refractivity (Wildman–Crippen MR) is 104 cm³/mol. The first kappa shape index (κ1) is 19.9. The summed E-state index contributed by atoms with van der Waals surface area (Å²) in [4.78, 5) is 37.8. The van der Waals surface area contributed by atoms with E-state index in [0.717, 1.165) is 16.7 Å². The molecule has 0 saturated carbocycles. The van der Waals surface area contributed by atoms with E-state index in [0.29, 0.717) is 11.4 Å². The Labute approximate surface area is 166 Å². The van der Waals surface area contributed by atoms with Gasteiger partial charge in [0.15, 0.2) is 0 Å². The van der Waals surface area contributed by atoms with Crippen molar-refractivity contribution in [2.75, 3.05) is 6.54 Å². The fourth-order valence-corrected chi connectivity index (χ4v) is 3.44. The molecule has 1 aliphatic rings. The first-order chi connectivity index (χ1) is 13.1. The summed E-state index contributed by atoms with van der Waals surface area (Å²) in [7, 11) is 0. The van der Waals surface area contributed by atoms with Gasteiger partial charge in [-0.3, -0.25) is 19.3 Å². The summed E-state index contributed by atoms with van der Waals surface area (Å²) in [6.45, 7) is 4.70. The van der Waals surface area contributed by atoms with Crippen LogP contribution >= 0.6 is 11.8 Å². The lowest BCUT2D eigenvalue weighted by Crippen LogP contribution is -2.37. The molecule has 1 aromatic heterocycles. The number of thioether (sulfide) groups is 1. The van der Waals surface area contributed by atoms with Crippen LogP contribution in [-0.4, -0.2) is 38.7 Å². The third-order valence-electron chi connectivity index (χ3n) is 3.74. The zero-order valence-corrected chi connectivity index (χ0v) is 16.5. The molecule has 0 unspecified atom stereocenters. The Morgan fingerprint density at radius 3 is 2.50 bits per heavy atom. The van der Waals surface area contributed by atoms with Crippen LogP contribution in [0.5, 0.6) is 0 Å². The first-order valence-corrected chi connectivity index (χ1v) is 9.36. The molecule has 0 atom stereocenters. The Balaban J connectivity index is 1.80. The summed E-state index contributed by atoms with van der Waals surface area (Å²) < 4.78 is 20.1. The quantitative estimate of drug-likeness (QED) is 0.571. The molecule has 28 heavy (non-hydrogen) atoms. The number of hydrogen-bond acceptors (Lipinski definition) is 5. The maximum atomic E-state index is 13.2. The van der Waals surface area contributed by atoms with E-state index in [-0.39, 0.29) is 10.7 Å². The molecule has 0 spiro atoms. The van der Waals surface area contributed by atoms with E-state index in [4.69, 9.17) is 4.74 Å². The molecule has 146 valence electrons. The number of amides is 2. The lowest BCUT2D eigenvalue weighted by Gasteiger charge is -2.21. The third kappa shape index (κ3) is 4.51. The van der Waals surface area contributed by atoms with E-state index in [1.165, 1.54) is 12.1 Å². The number of carbonyl (C=O) groups excluding carboxylic acids is 3. The fourth-order valence-electron chi connectivity index (χ4n) is 2.62. The molecule has 0 radical (unpaired) electrons. The van der Waals surface area contributed by atoms with E-state index in [1.807, 2.05) is 0 Å². The number of carbonyl (C=O) groups is 3. The molecule has 0 aliphatic carbocycles. The van der Waals surface area contributed by atoms with Crippen molar-refractivity contribution in [1.82, 2.24) is 9.47 Å². The minimum absolute atomic E-state index is 0.204. The lowest BCUT2D eigenvalue weighted by atomic mass is 10.2. The summed E-state index contributed by atoms with van der Waals surface area (Å²) in [6.07, 6.45) is 3.34. The van der Waals surface area contributed by atoms with Crippen LogP contribution in [0.15, 0.2) is 47.5 Å². The van der Waals surface area contributed by atoms with Gasteiger partial charge in [-0.15, -0.1) is 0 Å². The highest BCUT2D eigenvalue weighted by Crippen LogP contribution is 2.32. The van der Waals surface area contributed by atoms with E-state index in [9.17, 15) is 18.8 Å². The van der Waals surface area contributed by atoms with E-state index >= 15 is 0 Å². The number of halogens is 1. The van der Waals surface area contributed by atoms with Gasteiger partial charge in [-0.2, -0.15) is 0 Å². The predicted octanol–water partition coefficient (Wildman–Crippen LogP) is 3.99. The summed E-state index contributed by atoms with van der Waals surface area (Å²) in [5.41, 5.74) is 0.657. The van der Waals surface area contributed by atoms with Crippen molar-refractivity contribution in [2.24, 2.45) is 0 Å².